The molecule has 0 spiro atoms. The molecule has 0 unspecified atom stereocenters. The number of benzene rings is 1. The van der Waals surface area contributed by atoms with E-state index in [2.05, 4.69) is 20.8 Å². The molecule has 8 heteroatoms. The Bertz CT molecular complexity index is 561. The van der Waals surface area contributed by atoms with Crippen LogP contribution in [0.3, 0.4) is 0 Å². The molecule has 0 saturated carbocycles. The number of nitrogens with zero attached hydrogens (tertiary/aromatic N) is 3. The van der Waals surface area contributed by atoms with Crippen molar-refractivity contribution in [2.75, 3.05) is 26.8 Å². The van der Waals surface area contributed by atoms with Crippen LogP contribution in [-0.2, 0) is 16.1 Å². The predicted octanol–water partition coefficient (Wildman–Crippen LogP) is 0.541. The fourth-order valence-corrected chi connectivity index (χ4v) is 1.80. The molecule has 0 aliphatic heterocycles. The van der Waals surface area contributed by atoms with Gasteiger partial charge in [0.1, 0.15) is 6.33 Å². The maximum Gasteiger partial charge on any atom is 0.234 e. The van der Waals surface area contributed by atoms with Crippen LogP contribution in [0.1, 0.15) is 5.82 Å². The van der Waals surface area contributed by atoms with Crippen LogP contribution in [0.4, 0.5) is 0 Å². The van der Waals surface area contributed by atoms with E-state index in [0.29, 0.717) is 25.5 Å². The number of carbonyl (C=O) groups is 1. The van der Waals surface area contributed by atoms with Crippen molar-refractivity contribution >= 4 is 18.3 Å². The van der Waals surface area contributed by atoms with Gasteiger partial charge in [0.2, 0.25) is 5.91 Å². The first kappa shape index (κ1) is 18.1. The van der Waals surface area contributed by atoms with Gasteiger partial charge in [-0.25, -0.2) is 0 Å². The lowest BCUT2D eigenvalue weighted by molar-refractivity contribution is -0.120. The molecule has 0 fully saturated rings. The molecule has 1 amide bonds. The van der Waals surface area contributed by atoms with E-state index in [4.69, 9.17) is 4.74 Å². The van der Waals surface area contributed by atoms with Crippen molar-refractivity contribution in [3.05, 3.63) is 42.5 Å². The summed E-state index contributed by atoms with van der Waals surface area (Å²) in [5.74, 6) is 0.597. The second-order valence-corrected chi connectivity index (χ2v) is 4.40. The summed E-state index contributed by atoms with van der Waals surface area (Å²) in [7, 11) is 1.62. The third kappa shape index (κ3) is 5.44. The van der Waals surface area contributed by atoms with Gasteiger partial charge in [0.15, 0.2) is 5.82 Å². The molecule has 120 valence electrons. The fraction of sp³-hybridized carbons (Fsp3) is 0.357. The number of nitrogens with one attached hydrogen (secondary N) is 2. The van der Waals surface area contributed by atoms with Crippen molar-refractivity contribution in [3.8, 4) is 5.69 Å². The molecule has 2 N–H and O–H groups in total. The second-order valence-electron chi connectivity index (χ2n) is 4.40. The van der Waals surface area contributed by atoms with E-state index < -0.39 is 0 Å². The van der Waals surface area contributed by atoms with E-state index in [0.717, 1.165) is 5.69 Å². The van der Waals surface area contributed by atoms with Crippen molar-refractivity contribution in [2.45, 2.75) is 6.54 Å². The number of halogens is 1. The average molecular weight is 326 g/mol. The SMILES string of the molecule is COCCNCC(=O)NCc1nncn1-c1ccccc1.Cl. The number of hydrogen-bond acceptors (Lipinski definition) is 5. The van der Waals surface area contributed by atoms with Gasteiger partial charge in [-0.3, -0.25) is 9.36 Å². The number of para-hydroxylation sites is 1. The lowest BCUT2D eigenvalue weighted by Crippen LogP contribution is -2.35. The molecule has 0 aliphatic rings. The summed E-state index contributed by atoms with van der Waals surface area (Å²) in [5, 5.41) is 13.7. The van der Waals surface area contributed by atoms with E-state index in [1.165, 1.54) is 0 Å². The predicted molar refractivity (Wildman–Crippen MR) is 85.2 cm³/mol. The van der Waals surface area contributed by atoms with Gasteiger partial charge >= 0.3 is 0 Å². The van der Waals surface area contributed by atoms with Crippen molar-refractivity contribution in [3.63, 3.8) is 0 Å². The number of hydrogen-bond donors (Lipinski definition) is 2. The quantitative estimate of drug-likeness (QED) is 0.692. The summed E-state index contributed by atoms with van der Waals surface area (Å²) in [5.41, 5.74) is 0.963. The second kappa shape index (κ2) is 9.88. The fourth-order valence-electron chi connectivity index (χ4n) is 1.80. The molecular weight excluding hydrogens is 306 g/mol. The van der Waals surface area contributed by atoms with Crippen LogP contribution in [0.25, 0.3) is 5.69 Å². The summed E-state index contributed by atoms with van der Waals surface area (Å²) < 4.78 is 6.74. The van der Waals surface area contributed by atoms with Gasteiger partial charge in [0.05, 0.1) is 19.7 Å². The number of amides is 1. The molecule has 0 saturated heterocycles. The first-order valence-electron chi connectivity index (χ1n) is 6.72. The number of rotatable bonds is 8. The highest BCUT2D eigenvalue weighted by atomic mass is 35.5. The number of methoxy groups -OCH3 is 1. The number of ether oxygens (including phenoxy) is 1. The molecule has 7 nitrogen and oxygen atoms in total. The maximum absolute atomic E-state index is 11.7. The van der Waals surface area contributed by atoms with E-state index in [1.54, 1.807) is 13.4 Å². The Morgan fingerprint density at radius 1 is 1.32 bits per heavy atom. The smallest absolute Gasteiger partial charge is 0.234 e. The molecule has 0 bridgehead atoms. The van der Waals surface area contributed by atoms with E-state index in [-0.39, 0.29) is 24.9 Å². The van der Waals surface area contributed by atoms with Gasteiger partial charge in [-0.1, -0.05) is 18.2 Å². The number of carbonyl (C=O) groups excluding carboxylic acids is 1. The van der Waals surface area contributed by atoms with Crippen LogP contribution in [-0.4, -0.2) is 47.5 Å². The third-order valence-electron chi connectivity index (χ3n) is 2.86. The van der Waals surface area contributed by atoms with E-state index in [9.17, 15) is 4.79 Å². The Morgan fingerprint density at radius 3 is 2.82 bits per heavy atom. The molecule has 1 heterocycles. The summed E-state index contributed by atoms with van der Waals surface area (Å²) in [6.45, 7) is 1.81. The van der Waals surface area contributed by atoms with Crippen LogP contribution in [0, 0.1) is 0 Å². The molecule has 2 rings (SSSR count). The molecule has 0 radical (unpaired) electrons. The van der Waals surface area contributed by atoms with Crippen molar-refractivity contribution in [1.29, 1.82) is 0 Å². The van der Waals surface area contributed by atoms with Crippen LogP contribution >= 0.6 is 12.4 Å². The van der Waals surface area contributed by atoms with Crippen molar-refractivity contribution < 1.29 is 9.53 Å². The molecule has 22 heavy (non-hydrogen) atoms. The lowest BCUT2D eigenvalue weighted by atomic mass is 10.3. The zero-order valence-corrected chi connectivity index (χ0v) is 13.2. The van der Waals surface area contributed by atoms with E-state index >= 15 is 0 Å². The monoisotopic (exact) mass is 325 g/mol. The van der Waals surface area contributed by atoms with Crippen LogP contribution in [0.2, 0.25) is 0 Å². The largest absolute Gasteiger partial charge is 0.383 e. The van der Waals surface area contributed by atoms with Gasteiger partial charge in [-0.05, 0) is 12.1 Å². The number of aromatic nitrogens is 3. The van der Waals surface area contributed by atoms with Crippen LogP contribution in [0.15, 0.2) is 36.7 Å². The Kier molecular flexibility index (Phi) is 8.13. The highest BCUT2D eigenvalue weighted by molar-refractivity contribution is 5.85. The highest BCUT2D eigenvalue weighted by Gasteiger charge is 2.07. The first-order valence-corrected chi connectivity index (χ1v) is 6.72. The topological polar surface area (TPSA) is 81.1 Å². The molecule has 1 aromatic carbocycles. The Hall–Kier alpha value is -1.96. The Morgan fingerprint density at radius 2 is 2.09 bits per heavy atom. The minimum absolute atomic E-state index is 0. The van der Waals surface area contributed by atoms with Crippen molar-refractivity contribution in [1.82, 2.24) is 25.4 Å². The Labute approximate surface area is 135 Å². The van der Waals surface area contributed by atoms with Gasteiger partial charge in [0.25, 0.3) is 0 Å². The molecule has 0 aliphatic carbocycles. The Balaban J connectivity index is 0.00000242. The molecule has 2 aromatic rings. The molecular formula is C14H20ClN5O2. The van der Waals surface area contributed by atoms with Gasteiger partial charge in [-0.2, -0.15) is 0 Å². The summed E-state index contributed by atoms with van der Waals surface area (Å²) >= 11 is 0. The average Bonchev–Trinajstić information content (AvgIpc) is 2.99. The van der Waals surface area contributed by atoms with Gasteiger partial charge in [0, 0.05) is 19.3 Å². The molecule has 1 aromatic heterocycles. The van der Waals surface area contributed by atoms with E-state index in [1.807, 2.05) is 34.9 Å². The zero-order chi connectivity index (χ0) is 14.9. The third-order valence-corrected chi connectivity index (χ3v) is 2.86. The van der Waals surface area contributed by atoms with Gasteiger partial charge < -0.3 is 15.4 Å². The normalized spacial score (nSPS) is 10.0. The maximum atomic E-state index is 11.7. The van der Waals surface area contributed by atoms with Crippen LogP contribution < -0.4 is 10.6 Å². The first-order chi connectivity index (χ1) is 10.3. The minimum atomic E-state index is -0.0892. The van der Waals surface area contributed by atoms with Crippen LogP contribution in [0.5, 0.6) is 0 Å². The van der Waals surface area contributed by atoms with Gasteiger partial charge in [-0.15, -0.1) is 22.6 Å². The summed E-state index contributed by atoms with van der Waals surface area (Å²) in [4.78, 5) is 11.7. The van der Waals surface area contributed by atoms with Crippen molar-refractivity contribution in [2.24, 2.45) is 0 Å². The standard InChI is InChI=1S/C14H19N5O2.ClH/c1-21-8-7-15-10-14(20)16-9-13-18-17-11-19(13)12-5-3-2-4-6-12;/h2-6,11,15H,7-10H2,1H3,(H,16,20);1H. The summed E-state index contributed by atoms with van der Waals surface area (Å²) in [6.07, 6.45) is 1.63. The minimum Gasteiger partial charge on any atom is -0.383 e. The lowest BCUT2D eigenvalue weighted by Gasteiger charge is -2.08. The highest BCUT2D eigenvalue weighted by Crippen LogP contribution is 2.08. The zero-order valence-electron chi connectivity index (χ0n) is 12.4. The molecule has 0 atom stereocenters. The summed E-state index contributed by atoms with van der Waals surface area (Å²) in [6, 6.07) is 9.75.